The predicted molar refractivity (Wildman–Crippen MR) is 78.5 cm³/mol. The van der Waals surface area contributed by atoms with E-state index in [-0.39, 0.29) is 0 Å². The van der Waals surface area contributed by atoms with Gasteiger partial charge in [0.15, 0.2) is 0 Å². The fourth-order valence-electron chi connectivity index (χ4n) is 1.72. The summed E-state index contributed by atoms with van der Waals surface area (Å²) in [5.74, 6) is 0. The molecule has 0 saturated heterocycles. The van der Waals surface area contributed by atoms with Crippen molar-refractivity contribution in [2.75, 3.05) is 18.5 Å². The van der Waals surface area contributed by atoms with Gasteiger partial charge >= 0.3 is 0 Å². The van der Waals surface area contributed by atoms with Crippen LogP contribution >= 0.6 is 11.3 Å². The first-order chi connectivity index (χ1) is 9.38. The molecule has 0 bridgehead atoms. The van der Waals surface area contributed by atoms with Gasteiger partial charge in [-0.25, -0.2) is 0 Å². The number of ether oxygens (including phenoxy) is 1. The van der Waals surface area contributed by atoms with Gasteiger partial charge in [-0.15, -0.1) is 10.2 Å². The lowest BCUT2D eigenvalue weighted by Crippen LogP contribution is -1.97. The first-order valence-corrected chi connectivity index (χ1v) is 7.38. The summed E-state index contributed by atoms with van der Waals surface area (Å²) in [6.45, 7) is 4.22. The van der Waals surface area contributed by atoms with Gasteiger partial charge in [-0.1, -0.05) is 41.7 Å². The Hall–Kier alpha value is -1.46. The molecule has 0 aliphatic carbocycles. The maximum absolute atomic E-state index is 5.61. The van der Waals surface area contributed by atoms with Gasteiger partial charge in [-0.2, -0.15) is 0 Å². The number of aryl methyl sites for hydroxylation is 1. The summed E-state index contributed by atoms with van der Waals surface area (Å²) in [4.78, 5) is 0. The Morgan fingerprint density at radius 2 is 2.05 bits per heavy atom. The monoisotopic (exact) mass is 277 g/mol. The van der Waals surface area contributed by atoms with E-state index in [0.717, 1.165) is 36.1 Å². The van der Waals surface area contributed by atoms with E-state index in [4.69, 9.17) is 4.74 Å². The van der Waals surface area contributed by atoms with Gasteiger partial charge < -0.3 is 10.1 Å². The Labute approximate surface area is 117 Å². The molecule has 0 aliphatic heterocycles. The molecular formula is C14H19N3OS. The third kappa shape index (κ3) is 4.96. The highest BCUT2D eigenvalue weighted by atomic mass is 32.1. The average Bonchev–Trinajstić information content (AvgIpc) is 2.88. The van der Waals surface area contributed by atoms with Crippen LogP contribution in [0.2, 0.25) is 0 Å². The average molecular weight is 277 g/mol. The molecule has 2 rings (SSSR count). The summed E-state index contributed by atoms with van der Waals surface area (Å²) in [6, 6.07) is 10.5. The lowest BCUT2D eigenvalue weighted by molar-refractivity contribution is 0.118. The third-order valence-corrected chi connectivity index (χ3v) is 3.47. The zero-order valence-corrected chi connectivity index (χ0v) is 11.9. The lowest BCUT2D eigenvalue weighted by atomic mass is 10.1. The van der Waals surface area contributed by atoms with E-state index in [0.29, 0.717) is 6.61 Å². The SMILES string of the molecule is CCNc1nnc(COCCCc2ccccc2)s1. The summed E-state index contributed by atoms with van der Waals surface area (Å²) in [5.41, 5.74) is 1.36. The smallest absolute Gasteiger partial charge is 0.205 e. The largest absolute Gasteiger partial charge is 0.374 e. The number of nitrogens with zero attached hydrogens (tertiary/aromatic N) is 2. The molecule has 1 N–H and O–H groups in total. The number of hydrogen-bond donors (Lipinski definition) is 1. The van der Waals surface area contributed by atoms with E-state index < -0.39 is 0 Å². The van der Waals surface area contributed by atoms with E-state index >= 15 is 0 Å². The number of benzene rings is 1. The van der Waals surface area contributed by atoms with Crippen molar-refractivity contribution in [3.8, 4) is 0 Å². The van der Waals surface area contributed by atoms with Crippen molar-refractivity contribution in [1.82, 2.24) is 10.2 Å². The number of hydrogen-bond acceptors (Lipinski definition) is 5. The van der Waals surface area contributed by atoms with Crippen molar-refractivity contribution < 1.29 is 4.74 Å². The molecule has 0 amide bonds. The van der Waals surface area contributed by atoms with E-state index in [1.54, 1.807) is 11.3 Å². The van der Waals surface area contributed by atoms with Crippen LogP contribution in [0.15, 0.2) is 30.3 Å². The number of aromatic nitrogens is 2. The molecule has 1 aromatic carbocycles. The standard InChI is InChI=1S/C14H19N3OS/c1-2-15-14-17-16-13(19-14)11-18-10-6-9-12-7-4-3-5-8-12/h3-5,7-8H,2,6,9-11H2,1H3,(H,15,17). The van der Waals surface area contributed by atoms with Gasteiger partial charge in [0.05, 0.1) is 0 Å². The van der Waals surface area contributed by atoms with Gasteiger partial charge in [0, 0.05) is 13.2 Å². The first kappa shape index (κ1) is 14.0. The minimum atomic E-state index is 0.553. The normalized spacial score (nSPS) is 10.6. The Kier molecular flexibility index (Phi) is 5.78. The van der Waals surface area contributed by atoms with Crippen LogP contribution in [0.25, 0.3) is 0 Å². The van der Waals surface area contributed by atoms with Crippen LogP contribution in [0.1, 0.15) is 23.9 Å². The van der Waals surface area contributed by atoms with Gasteiger partial charge in [0.25, 0.3) is 0 Å². The minimum absolute atomic E-state index is 0.553. The summed E-state index contributed by atoms with van der Waals surface area (Å²) in [7, 11) is 0. The van der Waals surface area contributed by atoms with Crippen molar-refractivity contribution in [3.63, 3.8) is 0 Å². The van der Waals surface area contributed by atoms with E-state index in [1.807, 2.05) is 13.0 Å². The molecule has 1 aromatic heterocycles. The topological polar surface area (TPSA) is 47.0 Å². The van der Waals surface area contributed by atoms with Crippen LogP contribution in [0, 0.1) is 0 Å². The Morgan fingerprint density at radius 3 is 2.84 bits per heavy atom. The second-order valence-corrected chi connectivity index (χ2v) is 5.24. The molecule has 0 saturated carbocycles. The second-order valence-electron chi connectivity index (χ2n) is 4.17. The van der Waals surface area contributed by atoms with Crippen molar-refractivity contribution >= 4 is 16.5 Å². The van der Waals surface area contributed by atoms with Crippen molar-refractivity contribution in [2.24, 2.45) is 0 Å². The summed E-state index contributed by atoms with van der Waals surface area (Å²) in [5, 5.41) is 13.0. The highest BCUT2D eigenvalue weighted by Gasteiger charge is 2.02. The molecule has 1 heterocycles. The fraction of sp³-hybridized carbons (Fsp3) is 0.429. The summed E-state index contributed by atoms with van der Waals surface area (Å²) in [6.07, 6.45) is 2.09. The molecule has 19 heavy (non-hydrogen) atoms. The zero-order chi connectivity index (χ0) is 13.3. The molecule has 0 fully saturated rings. The summed E-state index contributed by atoms with van der Waals surface area (Å²) >= 11 is 1.55. The van der Waals surface area contributed by atoms with Gasteiger partial charge in [-0.05, 0) is 25.3 Å². The van der Waals surface area contributed by atoms with Crippen molar-refractivity contribution in [3.05, 3.63) is 40.9 Å². The van der Waals surface area contributed by atoms with Crippen LogP contribution in [0.4, 0.5) is 5.13 Å². The fourth-order valence-corrected chi connectivity index (χ4v) is 2.46. The maximum Gasteiger partial charge on any atom is 0.205 e. The van der Waals surface area contributed by atoms with Crippen LogP contribution in [0.5, 0.6) is 0 Å². The molecule has 0 radical (unpaired) electrons. The van der Waals surface area contributed by atoms with E-state index in [1.165, 1.54) is 5.56 Å². The number of anilines is 1. The highest BCUT2D eigenvalue weighted by Crippen LogP contribution is 2.15. The van der Waals surface area contributed by atoms with E-state index in [2.05, 4.69) is 39.8 Å². The van der Waals surface area contributed by atoms with Crippen LogP contribution in [0.3, 0.4) is 0 Å². The molecule has 4 nitrogen and oxygen atoms in total. The second kappa shape index (κ2) is 7.86. The van der Waals surface area contributed by atoms with Crippen LogP contribution < -0.4 is 5.32 Å². The molecular weight excluding hydrogens is 258 g/mol. The Balaban J connectivity index is 1.61. The van der Waals surface area contributed by atoms with Crippen LogP contribution in [-0.2, 0) is 17.8 Å². The van der Waals surface area contributed by atoms with Crippen molar-refractivity contribution in [2.45, 2.75) is 26.4 Å². The summed E-state index contributed by atoms with van der Waals surface area (Å²) < 4.78 is 5.61. The van der Waals surface area contributed by atoms with Crippen LogP contribution in [-0.4, -0.2) is 23.3 Å². The molecule has 0 spiro atoms. The van der Waals surface area contributed by atoms with Gasteiger partial charge in [-0.3, -0.25) is 0 Å². The molecule has 2 aromatic rings. The number of rotatable bonds is 8. The minimum Gasteiger partial charge on any atom is -0.374 e. The van der Waals surface area contributed by atoms with Gasteiger partial charge in [0.2, 0.25) is 5.13 Å². The highest BCUT2D eigenvalue weighted by molar-refractivity contribution is 7.15. The molecule has 0 aliphatic rings. The Morgan fingerprint density at radius 1 is 1.21 bits per heavy atom. The lowest BCUT2D eigenvalue weighted by Gasteiger charge is -2.02. The quantitative estimate of drug-likeness (QED) is 0.753. The van der Waals surface area contributed by atoms with Crippen molar-refractivity contribution in [1.29, 1.82) is 0 Å². The molecule has 5 heteroatoms. The third-order valence-electron chi connectivity index (χ3n) is 2.62. The predicted octanol–water partition coefficient (Wildman–Crippen LogP) is 3.12. The van der Waals surface area contributed by atoms with E-state index in [9.17, 15) is 0 Å². The molecule has 102 valence electrons. The Bertz CT molecular complexity index is 473. The molecule has 0 unspecified atom stereocenters. The first-order valence-electron chi connectivity index (χ1n) is 6.56. The zero-order valence-electron chi connectivity index (χ0n) is 11.1. The maximum atomic E-state index is 5.61. The number of nitrogens with one attached hydrogen (secondary N) is 1. The van der Waals surface area contributed by atoms with Gasteiger partial charge in [0.1, 0.15) is 11.6 Å². The molecule has 0 atom stereocenters.